The van der Waals surface area contributed by atoms with Gasteiger partial charge in [0, 0.05) is 38.4 Å². The molecule has 7 heteroatoms. The van der Waals surface area contributed by atoms with E-state index in [2.05, 4.69) is 25.3 Å². The summed E-state index contributed by atoms with van der Waals surface area (Å²) < 4.78 is 5.59. The van der Waals surface area contributed by atoms with Crippen LogP contribution in [0.4, 0.5) is 5.69 Å². The number of hydrogen-bond acceptors (Lipinski definition) is 6. The zero-order valence-corrected chi connectivity index (χ0v) is 22.0. The van der Waals surface area contributed by atoms with E-state index in [0.29, 0.717) is 31.0 Å². The summed E-state index contributed by atoms with van der Waals surface area (Å²) in [5, 5.41) is 11.4. The highest BCUT2D eigenvalue weighted by atomic mass is 16.5. The van der Waals surface area contributed by atoms with Gasteiger partial charge in [0.25, 0.3) is 11.7 Å². The van der Waals surface area contributed by atoms with Gasteiger partial charge in [0.2, 0.25) is 0 Å². The lowest BCUT2D eigenvalue weighted by Crippen LogP contribution is -2.38. The summed E-state index contributed by atoms with van der Waals surface area (Å²) in [4.78, 5) is 32.3. The van der Waals surface area contributed by atoms with Gasteiger partial charge in [0.1, 0.15) is 18.1 Å². The van der Waals surface area contributed by atoms with E-state index in [1.807, 2.05) is 50.2 Å². The normalized spacial score (nSPS) is 17.1. The maximum Gasteiger partial charge on any atom is 0.295 e. The average molecular weight is 492 g/mol. The second-order valence-corrected chi connectivity index (χ2v) is 9.08. The molecule has 0 aliphatic carbocycles. The van der Waals surface area contributed by atoms with Crippen molar-refractivity contribution in [3.8, 4) is 5.75 Å². The zero-order valence-electron chi connectivity index (χ0n) is 22.0. The highest BCUT2D eigenvalue weighted by molar-refractivity contribution is 6.46. The maximum absolute atomic E-state index is 13.3. The molecule has 2 aromatic rings. The standard InChI is InChI=1S/C29H37N3O4/c1-7-18-36-23-14-15-24(20(4)19-23)27(33)25-26(21-10-12-22(13-11-21)30(5)6)32(29(35)28(25)34)17-16-31(8-2)9-3/h7,10-15,19,26,33H,1,8-9,16-18H2,2-6H3/t26-/m0/s1. The van der Waals surface area contributed by atoms with Crippen LogP contribution in [0.15, 0.2) is 60.7 Å². The van der Waals surface area contributed by atoms with Crippen molar-refractivity contribution >= 4 is 23.1 Å². The molecule has 36 heavy (non-hydrogen) atoms. The largest absolute Gasteiger partial charge is 0.507 e. The van der Waals surface area contributed by atoms with Crippen LogP contribution < -0.4 is 9.64 Å². The molecule has 1 aliphatic heterocycles. The van der Waals surface area contributed by atoms with Crippen LogP contribution in [0.1, 0.15) is 36.6 Å². The summed E-state index contributed by atoms with van der Waals surface area (Å²) in [6.45, 7) is 12.7. The first kappa shape index (κ1) is 27.0. The number of likely N-dealkylation sites (tertiary alicyclic amines) is 1. The van der Waals surface area contributed by atoms with Crippen LogP contribution in [-0.4, -0.2) is 73.5 Å². The highest BCUT2D eigenvalue weighted by Gasteiger charge is 2.46. The molecule has 0 aromatic heterocycles. The number of carbonyl (C=O) groups excluding carboxylic acids is 2. The van der Waals surface area contributed by atoms with E-state index in [-0.39, 0.29) is 11.3 Å². The predicted molar refractivity (Wildman–Crippen MR) is 144 cm³/mol. The topological polar surface area (TPSA) is 73.3 Å². The van der Waals surface area contributed by atoms with Gasteiger partial charge in [-0.1, -0.05) is 38.6 Å². The molecular weight excluding hydrogens is 454 g/mol. The molecule has 192 valence electrons. The Bertz CT molecular complexity index is 1130. The fraction of sp³-hybridized carbons (Fsp3) is 0.379. The van der Waals surface area contributed by atoms with Crippen LogP contribution in [0.2, 0.25) is 0 Å². The van der Waals surface area contributed by atoms with Crippen LogP contribution in [0.5, 0.6) is 5.75 Å². The molecule has 1 N–H and O–H groups in total. The van der Waals surface area contributed by atoms with E-state index < -0.39 is 17.7 Å². The molecule has 0 spiro atoms. The van der Waals surface area contributed by atoms with Crippen molar-refractivity contribution < 1.29 is 19.4 Å². The number of amides is 1. The summed E-state index contributed by atoms with van der Waals surface area (Å²) >= 11 is 0. The smallest absolute Gasteiger partial charge is 0.295 e. The van der Waals surface area contributed by atoms with Gasteiger partial charge in [-0.25, -0.2) is 0 Å². The molecule has 1 heterocycles. The number of anilines is 1. The molecular formula is C29H37N3O4. The van der Waals surface area contributed by atoms with Crippen molar-refractivity contribution in [2.45, 2.75) is 26.8 Å². The summed E-state index contributed by atoms with van der Waals surface area (Å²) in [6, 6.07) is 12.3. The van der Waals surface area contributed by atoms with E-state index in [1.165, 1.54) is 0 Å². The number of aliphatic hydroxyl groups excluding tert-OH is 1. The molecule has 0 saturated carbocycles. The molecule has 2 aromatic carbocycles. The lowest BCUT2D eigenvalue weighted by Gasteiger charge is -2.28. The van der Waals surface area contributed by atoms with Gasteiger partial charge in [-0.3, -0.25) is 9.59 Å². The van der Waals surface area contributed by atoms with Crippen molar-refractivity contribution in [2.24, 2.45) is 0 Å². The van der Waals surface area contributed by atoms with Crippen LogP contribution in [0.25, 0.3) is 5.76 Å². The number of ketones is 1. The Hall–Kier alpha value is -3.58. The fourth-order valence-electron chi connectivity index (χ4n) is 4.49. The van der Waals surface area contributed by atoms with Crippen LogP contribution in [0, 0.1) is 6.92 Å². The number of Topliss-reactive ketones (excluding diaryl/α,β-unsaturated/α-hetero) is 1. The van der Waals surface area contributed by atoms with Gasteiger partial charge in [-0.15, -0.1) is 0 Å². The Morgan fingerprint density at radius 1 is 1.11 bits per heavy atom. The molecule has 1 fully saturated rings. The summed E-state index contributed by atoms with van der Waals surface area (Å²) in [7, 11) is 3.91. The molecule has 0 unspecified atom stereocenters. The van der Waals surface area contributed by atoms with Crippen molar-refractivity contribution in [1.82, 2.24) is 9.80 Å². The molecule has 3 rings (SSSR count). The van der Waals surface area contributed by atoms with Crippen molar-refractivity contribution in [3.05, 3.63) is 77.4 Å². The van der Waals surface area contributed by atoms with E-state index in [9.17, 15) is 14.7 Å². The fourth-order valence-corrected chi connectivity index (χ4v) is 4.49. The molecule has 1 atom stereocenters. The quantitative estimate of drug-likeness (QED) is 0.218. The van der Waals surface area contributed by atoms with Gasteiger partial charge >= 0.3 is 0 Å². The minimum atomic E-state index is -0.673. The van der Waals surface area contributed by atoms with Crippen LogP contribution in [0.3, 0.4) is 0 Å². The zero-order chi connectivity index (χ0) is 26.4. The third kappa shape index (κ3) is 5.62. The van der Waals surface area contributed by atoms with Crippen LogP contribution >= 0.6 is 0 Å². The molecule has 1 amide bonds. The number of nitrogens with zero attached hydrogens (tertiary/aromatic N) is 3. The Morgan fingerprint density at radius 3 is 2.33 bits per heavy atom. The van der Waals surface area contributed by atoms with Gasteiger partial charge in [0.05, 0.1) is 11.6 Å². The molecule has 0 bridgehead atoms. The number of aryl methyl sites for hydroxylation is 1. The summed E-state index contributed by atoms with van der Waals surface area (Å²) in [5.41, 5.74) is 3.14. The van der Waals surface area contributed by atoms with Gasteiger partial charge in [-0.05, 0) is 61.5 Å². The third-order valence-electron chi connectivity index (χ3n) is 6.64. The second-order valence-electron chi connectivity index (χ2n) is 9.08. The van der Waals surface area contributed by atoms with E-state index in [0.717, 1.165) is 29.9 Å². The molecule has 7 nitrogen and oxygen atoms in total. The number of rotatable bonds is 11. The number of likely N-dealkylation sites (N-methyl/N-ethyl adjacent to an activating group) is 1. The van der Waals surface area contributed by atoms with Crippen molar-refractivity contribution in [3.63, 3.8) is 0 Å². The third-order valence-corrected chi connectivity index (χ3v) is 6.64. The second kappa shape index (κ2) is 11.9. The Kier molecular flexibility index (Phi) is 8.93. The van der Waals surface area contributed by atoms with Crippen molar-refractivity contribution in [1.29, 1.82) is 0 Å². The molecule has 1 aliphatic rings. The summed E-state index contributed by atoms with van der Waals surface area (Å²) in [5.74, 6) is -0.790. The first-order valence-corrected chi connectivity index (χ1v) is 12.4. The molecule has 0 radical (unpaired) electrons. The van der Waals surface area contributed by atoms with E-state index in [1.54, 1.807) is 29.2 Å². The number of benzene rings is 2. The van der Waals surface area contributed by atoms with Crippen molar-refractivity contribution in [2.75, 3.05) is 51.8 Å². The predicted octanol–water partition coefficient (Wildman–Crippen LogP) is 4.39. The number of aliphatic hydroxyl groups is 1. The Balaban J connectivity index is 2.09. The first-order valence-electron chi connectivity index (χ1n) is 12.4. The monoisotopic (exact) mass is 491 g/mol. The molecule has 1 saturated heterocycles. The van der Waals surface area contributed by atoms with Crippen LogP contribution in [-0.2, 0) is 9.59 Å². The number of carbonyl (C=O) groups is 2. The Labute approximate surface area is 214 Å². The SMILES string of the molecule is C=CCOc1ccc(C(O)=C2C(=O)C(=O)N(CCN(CC)CC)[C@H]2c2ccc(N(C)C)cc2)c(C)c1. The van der Waals surface area contributed by atoms with Gasteiger partial charge in [0.15, 0.2) is 0 Å². The van der Waals surface area contributed by atoms with Gasteiger partial charge < -0.3 is 24.5 Å². The minimum Gasteiger partial charge on any atom is -0.507 e. The minimum absolute atomic E-state index is 0.111. The highest BCUT2D eigenvalue weighted by Crippen LogP contribution is 2.40. The number of hydrogen-bond donors (Lipinski definition) is 1. The average Bonchev–Trinajstić information content (AvgIpc) is 3.12. The summed E-state index contributed by atoms with van der Waals surface area (Å²) in [6.07, 6.45) is 1.66. The lowest BCUT2D eigenvalue weighted by atomic mass is 9.93. The maximum atomic E-state index is 13.3. The first-order chi connectivity index (χ1) is 17.2. The van der Waals surface area contributed by atoms with E-state index in [4.69, 9.17) is 4.74 Å². The van der Waals surface area contributed by atoms with Gasteiger partial charge in [-0.2, -0.15) is 0 Å². The number of ether oxygens (including phenoxy) is 1. The Morgan fingerprint density at radius 2 is 1.78 bits per heavy atom. The lowest BCUT2D eigenvalue weighted by molar-refractivity contribution is -0.140. The van der Waals surface area contributed by atoms with E-state index >= 15 is 0 Å².